The molecule has 0 aromatic rings. The molecule has 0 fully saturated rings. The highest BCUT2D eigenvalue weighted by atomic mass is 32.2. The van der Waals surface area contributed by atoms with Crippen LogP contribution in [-0.4, -0.2) is 21.5 Å². The second-order valence-electron chi connectivity index (χ2n) is 1.71. The smallest absolute Gasteiger partial charge is 0.412 e. The molecule has 1 atom stereocenters. The molecule has 0 spiro atoms. The van der Waals surface area contributed by atoms with Crippen molar-refractivity contribution in [2.45, 2.75) is 12.3 Å². The molecule has 0 aliphatic carbocycles. The largest absolute Gasteiger partial charge is 0.465 e. The fraction of sp³-hybridized carbons (Fsp3) is 0.400. The van der Waals surface area contributed by atoms with Crippen molar-refractivity contribution in [1.29, 1.82) is 0 Å². The van der Waals surface area contributed by atoms with Crippen LogP contribution in [0.25, 0.3) is 0 Å². The minimum Gasteiger partial charge on any atom is -0.465 e. The number of hydrogen-bond acceptors (Lipinski definition) is 2. The first-order valence-electron chi connectivity index (χ1n) is 2.55. The molecule has 1 heterocycles. The van der Waals surface area contributed by atoms with Crippen LogP contribution in [0.3, 0.4) is 0 Å². The van der Waals surface area contributed by atoms with Gasteiger partial charge in [0.15, 0.2) is 0 Å². The van der Waals surface area contributed by atoms with Crippen LogP contribution in [0.1, 0.15) is 6.92 Å². The van der Waals surface area contributed by atoms with Gasteiger partial charge in [-0.1, -0.05) is 0 Å². The molecule has 1 N–H and O–H groups in total. The van der Waals surface area contributed by atoms with E-state index in [2.05, 4.69) is 0 Å². The van der Waals surface area contributed by atoms with E-state index < -0.39 is 6.09 Å². The Bertz CT molecular complexity index is 157. The highest BCUT2D eigenvalue weighted by Crippen LogP contribution is 2.23. The van der Waals surface area contributed by atoms with E-state index in [-0.39, 0.29) is 5.37 Å². The van der Waals surface area contributed by atoms with Gasteiger partial charge in [-0.2, -0.15) is 0 Å². The van der Waals surface area contributed by atoms with Gasteiger partial charge >= 0.3 is 6.09 Å². The fourth-order valence-electron chi connectivity index (χ4n) is 0.620. The van der Waals surface area contributed by atoms with E-state index in [4.69, 9.17) is 5.11 Å². The summed E-state index contributed by atoms with van der Waals surface area (Å²) in [5, 5.41) is 10.3. The average Bonchev–Trinajstić information content (AvgIpc) is 2.13. The molecule has 0 saturated carbocycles. The molecule has 1 rings (SSSR count). The zero-order valence-electron chi connectivity index (χ0n) is 4.94. The van der Waals surface area contributed by atoms with Gasteiger partial charge in [-0.05, 0) is 12.3 Å². The molecule has 0 aromatic carbocycles. The first kappa shape index (κ1) is 6.48. The van der Waals surface area contributed by atoms with Gasteiger partial charge in [0.05, 0.1) is 5.37 Å². The molecular weight excluding hydrogens is 138 g/mol. The third-order valence-electron chi connectivity index (χ3n) is 1.11. The number of nitrogens with zero attached hydrogens (tertiary/aromatic N) is 1. The monoisotopic (exact) mass is 145 g/mol. The van der Waals surface area contributed by atoms with Crippen LogP contribution in [0.4, 0.5) is 4.79 Å². The summed E-state index contributed by atoms with van der Waals surface area (Å²) >= 11 is 1.50. The van der Waals surface area contributed by atoms with Crippen molar-refractivity contribution in [2.24, 2.45) is 0 Å². The maximum atomic E-state index is 10.3. The van der Waals surface area contributed by atoms with Gasteiger partial charge in [-0.15, -0.1) is 11.8 Å². The number of amides is 1. The summed E-state index contributed by atoms with van der Waals surface area (Å²) in [5.41, 5.74) is 0. The van der Waals surface area contributed by atoms with Crippen molar-refractivity contribution in [1.82, 2.24) is 4.90 Å². The number of rotatable bonds is 0. The first-order chi connectivity index (χ1) is 4.22. The lowest BCUT2D eigenvalue weighted by Crippen LogP contribution is -2.27. The Labute approximate surface area is 57.3 Å². The van der Waals surface area contributed by atoms with Crippen molar-refractivity contribution < 1.29 is 9.90 Å². The minimum absolute atomic E-state index is 0.0440. The van der Waals surface area contributed by atoms with Gasteiger partial charge in [-0.25, -0.2) is 4.79 Å². The zero-order chi connectivity index (χ0) is 6.85. The summed E-state index contributed by atoms with van der Waals surface area (Å²) < 4.78 is 0. The van der Waals surface area contributed by atoms with Crippen LogP contribution in [0.5, 0.6) is 0 Å². The lowest BCUT2D eigenvalue weighted by molar-refractivity contribution is 0.162. The summed E-state index contributed by atoms with van der Waals surface area (Å²) in [6.07, 6.45) is 0.682. The second kappa shape index (κ2) is 2.31. The van der Waals surface area contributed by atoms with Gasteiger partial charge in [0.1, 0.15) is 0 Å². The predicted octanol–water partition coefficient (Wildman–Crippen LogP) is 1.53. The van der Waals surface area contributed by atoms with E-state index >= 15 is 0 Å². The molecule has 3 nitrogen and oxygen atoms in total. The van der Waals surface area contributed by atoms with Crippen LogP contribution in [0.15, 0.2) is 11.6 Å². The Balaban J connectivity index is 2.59. The molecule has 0 saturated heterocycles. The number of hydrogen-bond donors (Lipinski definition) is 1. The third-order valence-corrected chi connectivity index (χ3v) is 2.01. The van der Waals surface area contributed by atoms with E-state index in [1.54, 1.807) is 11.6 Å². The minimum atomic E-state index is -0.885. The molecule has 1 aliphatic heterocycles. The standard InChI is InChI=1S/C5H7NO2S/c1-4-6(5(7)8)2-3-9-4/h2-4H,1H3,(H,7,8). The Kier molecular flexibility index (Phi) is 1.66. The molecule has 4 heteroatoms. The summed E-state index contributed by atoms with van der Waals surface area (Å²) in [6, 6.07) is 0. The second-order valence-corrected chi connectivity index (χ2v) is 2.94. The molecule has 0 radical (unpaired) electrons. The van der Waals surface area contributed by atoms with E-state index in [0.717, 1.165) is 0 Å². The molecule has 0 bridgehead atoms. The van der Waals surface area contributed by atoms with Crippen molar-refractivity contribution in [2.75, 3.05) is 0 Å². The molecule has 50 valence electrons. The number of carboxylic acid groups (broad SMARTS) is 1. The molecule has 1 unspecified atom stereocenters. The van der Waals surface area contributed by atoms with E-state index in [1.807, 2.05) is 6.92 Å². The predicted molar refractivity (Wildman–Crippen MR) is 36.1 cm³/mol. The van der Waals surface area contributed by atoms with Crippen molar-refractivity contribution in [3.8, 4) is 0 Å². The van der Waals surface area contributed by atoms with Crippen LogP contribution >= 0.6 is 11.8 Å². The van der Waals surface area contributed by atoms with E-state index in [9.17, 15) is 4.79 Å². The highest BCUT2D eigenvalue weighted by molar-refractivity contribution is 8.02. The highest BCUT2D eigenvalue weighted by Gasteiger charge is 2.19. The van der Waals surface area contributed by atoms with Crippen molar-refractivity contribution in [3.05, 3.63) is 11.6 Å². The maximum absolute atomic E-state index is 10.3. The molecule has 0 aromatic heterocycles. The third kappa shape index (κ3) is 1.18. The Morgan fingerprint density at radius 2 is 2.56 bits per heavy atom. The van der Waals surface area contributed by atoms with Gasteiger partial charge in [0.2, 0.25) is 0 Å². The molecule has 1 aliphatic rings. The van der Waals surface area contributed by atoms with Crippen LogP contribution in [-0.2, 0) is 0 Å². The molecule has 9 heavy (non-hydrogen) atoms. The van der Waals surface area contributed by atoms with Gasteiger partial charge in [-0.3, -0.25) is 4.90 Å². The van der Waals surface area contributed by atoms with Gasteiger partial charge in [0.25, 0.3) is 0 Å². The Hall–Kier alpha value is -0.640. The lowest BCUT2D eigenvalue weighted by Gasteiger charge is -2.13. The summed E-state index contributed by atoms with van der Waals surface area (Å²) in [4.78, 5) is 11.5. The van der Waals surface area contributed by atoms with Gasteiger partial charge in [0, 0.05) is 6.20 Å². The molecular formula is C5H7NO2S. The topological polar surface area (TPSA) is 40.5 Å². The Morgan fingerprint density at radius 3 is 2.78 bits per heavy atom. The quantitative estimate of drug-likeness (QED) is 0.562. The zero-order valence-corrected chi connectivity index (χ0v) is 5.76. The van der Waals surface area contributed by atoms with Crippen LogP contribution < -0.4 is 0 Å². The van der Waals surface area contributed by atoms with Crippen LogP contribution in [0.2, 0.25) is 0 Å². The maximum Gasteiger partial charge on any atom is 0.412 e. The lowest BCUT2D eigenvalue weighted by atomic mass is 10.6. The van der Waals surface area contributed by atoms with Crippen molar-refractivity contribution in [3.63, 3.8) is 0 Å². The first-order valence-corrected chi connectivity index (χ1v) is 3.49. The van der Waals surface area contributed by atoms with E-state index in [1.165, 1.54) is 16.7 Å². The van der Waals surface area contributed by atoms with Crippen molar-refractivity contribution >= 4 is 17.9 Å². The van der Waals surface area contributed by atoms with Crippen LogP contribution in [0, 0.1) is 0 Å². The summed E-state index contributed by atoms with van der Waals surface area (Å²) in [5.74, 6) is 0. The van der Waals surface area contributed by atoms with E-state index in [0.29, 0.717) is 0 Å². The number of thioether (sulfide) groups is 1. The summed E-state index contributed by atoms with van der Waals surface area (Å²) in [6.45, 7) is 1.85. The summed E-state index contributed by atoms with van der Waals surface area (Å²) in [7, 11) is 0. The molecule has 1 amide bonds. The SMILES string of the molecule is CC1SC=CN1C(=O)O. The average molecular weight is 145 g/mol. The number of carbonyl (C=O) groups is 1. The fourth-order valence-corrected chi connectivity index (χ4v) is 1.34. The van der Waals surface area contributed by atoms with Gasteiger partial charge < -0.3 is 5.11 Å². The normalized spacial score (nSPS) is 25.0. The Morgan fingerprint density at radius 1 is 1.89 bits per heavy atom.